The molecule has 0 aliphatic carbocycles. The number of rotatable bonds is 7. The SMILES string of the molecule is COc1ccc(C(=O)N/N=C\c2ccc(OCC(C)C)cc2)cc1. The van der Waals surface area contributed by atoms with Gasteiger partial charge in [-0.15, -0.1) is 0 Å². The van der Waals surface area contributed by atoms with Gasteiger partial charge in [-0.25, -0.2) is 5.43 Å². The average Bonchev–Trinajstić information content (AvgIpc) is 2.61. The quantitative estimate of drug-likeness (QED) is 0.626. The van der Waals surface area contributed by atoms with E-state index in [1.165, 1.54) is 0 Å². The molecule has 0 fully saturated rings. The van der Waals surface area contributed by atoms with E-state index in [1.54, 1.807) is 37.6 Å². The van der Waals surface area contributed by atoms with E-state index in [0.29, 0.717) is 23.8 Å². The minimum absolute atomic E-state index is 0.272. The normalized spacial score (nSPS) is 10.8. The molecule has 0 aliphatic heterocycles. The molecule has 0 aromatic heterocycles. The summed E-state index contributed by atoms with van der Waals surface area (Å²) in [6.07, 6.45) is 1.59. The van der Waals surface area contributed by atoms with Crippen LogP contribution in [-0.4, -0.2) is 25.8 Å². The largest absolute Gasteiger partial charge is 0.497 e. The smallest absolute Gasteiger partial charge is 0.271 e. The van der Waals surface area contributed by atoms with Crippen LogP contribution in [0.2, 0.25) is 0 Å². The summed E-state index contributed by atoms with van der Waals surface area (Å²) in [4.78, 5) is 12.0. The molecule has 2 aromatic carbocycles. The Bertz CT molecular complexity index is 677. The number of nitrogens with zero attached hydrogens (tertiary/aromatic N) is 1. The van der Waals surface area contributed by atoms with E-state index in [1.807, 2.05) is 24.3 Å². The molecule has 0 atom stereocenters. The standard InChI is InChI=1S/C19H22N2O3/c1-14(2)13-24-18-8-4-15(5-9-18)12-20-21-19(22)16-6-10-17(23-3)11-7-16/h4-12,14H,13H2,1-3H3,(H,21,22)/b20-12-. The molecule has 24 heavy (non-hydrogen) atoms. The van der Waals surface area contributed by atoms with E-state index in [9.17, 15) is 4.79 Å². The summed E-state index contributed by atoms with van der Waals surface area (Å²) in [5, 5.41) is 3.97. The number of nitrogens with one attached hydrogen (secondary N) is 1. The zero-order valence-electron chi connectivity index (χ0n) is 14.2. The van der Waals surface area contributed by atoms with Gasteiger partial charge < -0.3 is 9.47 Å². The molecule has 0 bridgehead atoms. The number of hydrogen-bond acceptors (Lipinski definition) is 4. The number of carbonyl (C=O) groups is 1. The molecule has 0 saturated heterocycles. The summed E-state index contributed by atoms with van der Waals surface area (Å²) in [7, 11) is 1.58. The molecule has 1 amide bonds. The summed E-state index contributed by atoms with van der Waals surface area (Å²) < 4.78 is 10.7. The second kappa shape index (κ2) is 8.72. The molecular weight excluding hydrogens is 304 g/mol. The first-order valence-corrected chi connectivity index (χ1v) is 7.79. The number of ether oxygens (including phenoxy) is 2. The number of methoxy groups -OCH3 is 1. The number of carbonyl (C=O) groups excluding carboxylic acids is 1. The molecule has 2 aromatic rings. The van der Waals surface area contributed by atoms with E-state index in [2.05, 4.69) is 24.4 Å². The van der Waals surface area contributed by atoms with Crippen molar-refractivity contribution >= 4 is 12.1 Å². The van der Waals surface area contributed by atoms with Crippen LogP contribution in [0.15, 0.2) is 53.6 Å². The second-order valence-electron chi connectivity index (χ2n) is 5.70. The highest BCUT2D eigenvalue weighted by atomic mass is 16.5. The molecule has 1 N–H and O–H groups in total. The first kappa shape index (κ1) is 17.5. The van der Waals surface area contributed by atoms with Crippen molar-refractivity contribution in [1.82, 2.24) is 5.43 Å². The molecule has 0 radical (unpaired) electrons. The van der Waals surface area contributed by atoms with Gasteiger partial charge in [-0.05, 0) is 60.0 Å². The third-order valence-corrected chi connectivity index (χ3v) is 3.20. The second-order valence-corrected chi connectivity index (χ2v) is 5.70. The summed E-state index contributed by atoms with van der Waals surface area (Å²) in [5.74, 6) is 1.74. The number of hydrogen-bond donors (Lipinski definition) is 1. The highest BCUT2D eigenvalue weighted by molar-refractivity contribution is 5.95. The Labute approximate surface area is 142 Å². The molecule has 0 heterocycles. The van der Waals surface area contributed by atoms with Crippen LogP contribution in [0.4, 0.5) is 0 Å². The Morgan fingerprint density at radius 3 is 2.29 bits per heavy atom. The third kappa shape index (κ3) is 5.43. The third-order valence-electron chi connectivity index (χ3n) is 3.20. The summed E-state index contributed by atoms with van der Waals surface area (Å²) in [5.41, 5.74) is 3.89. The molecule has 5 heteroatoms. The van der Waals surface area contributed by atoms with Gasteiger partial charge >= 0.3 is 0 Å². The monoisotopic (exact) mass is 326 g/mol. The number of amides is 1. The van der Waals surface area contributed by atoms with Crippen molar-refractivity contribution in [3.8, 4) is 11.5 Å². The number of hydrazone groups is 1. The molecule has 0 saturated carbocycles. The summed E-state index contributed by atoms with van der Waals surface area (Å²) >= 11 is 0. The molecule has 0 aliphatic rings. The van der Waals surface area contributed by atoms with Gasteiger partial charge in [0.1, 0.15) is 11.5 Å². The topological polar surface area (TPSA) is 59.9 Å². The Kier molecular flexibility index (Phi) is 6.37. The Morgan fingerprint density at radius 2 is 1.71 bits per heavy atom. The van der Waals surface area contributed by atoms with Gasteiger partial charge in [0.2, 0.25) is 0 Å². The van der Waals surface area contributed by atoms with Crippen LogP contribution < -0.4 is 14.9 Å². The fourth-order valence-corrected chi connectivity index (χ4v) is 1.89. The molecule has 0 unspecified atom stereocenters. The van der Waals surface area contributed by atoms with Crippen molar-refractivity contribution < 1.29 is 14.3 Å². The van der Waals surface area contributed by atoms with Gasteiger partial charge in [-0.3, -0.25) is 4.79 Å². The van der Waals surface area contributed by atoms with Gasteiger partial charge in [0.15, 0.2) is 0 Å². The first-order valence-electron chi connectivity index (χ1n) is 7.79. The van der Waals surface area contributed by atoms with Crippen LogP contribution in [0.1, 0.15) is 29.8 Å². The highest BCUT2D eigenvalue weighted by Crippen LogP contribution is 2.13. The van der Waals surface area contributed by atoms with Crippen LogP contribution >= 0.6 is 0 Å². The fraction of sp³-hybridized carbons (Fsp3) is 0.263. The Morgan fingerprint density at radius 1 is 1.08 bits per heavy atom. The Hall–Kier alpha value is -2.82. The minimum atomic E-state index is -0.272. The van der Waals surface area contributed by atoms with Crippen LogP contribution in [0, 0.1) is 5.92 Å². The maximum atomic E-state index is 12.0. The lowest BCUT2D eigenvalue weighted by atomic mass is 10.2. The van der Waals surface area contributed by atoms with Gasteiger partial charge in [-0.1, -0.05) is 13.8 Å². The van der Waals surface area contributed by atoms with Crippen LogP contribution in [0.5, 0.6) is 11.5 Å². The van der Waals surface area contributed by atoms with Crippen molar-refractivity contribution in [3.05, 3.63) is 59.7 Å². The van der Waals surface area contributed by atoms with Crippen molar-refractivity contribution in [3.63, 3.8) is 0 Å². The minimum Gasteiger partial charge on any atom is -0.497 e. The predicted molar refractivity (Wildman–Crippen MR) is 94.8 cm³/mol. The fourth-order valence-electron chi connectivity index (χ4n) is 1.89. The molecule has 0 spiro atoms. The maximum Gasteiger partial charge on any atom is 0.271 e. The van der Waals surface area contributed by atoms with Crippen LogP contribution in [0.3, 0.4) is 0 Å². The maximum absolute atomic E-state index is 12.0. The summed E-state index contributed by atoms with van der Waals surface area (Å²) in [6.45, 7) is 4.89. The van der Waals surface area contributed by atoms with Gasteiger partial charge in [0.05, 0.1) is 19.9 Å². The lowest BCUT2D eigenvalue weighted by Crippen LogP contribution is -2.17. The van der Waals surface area contributed by atoms with E-state index in [4.69, 9.17) is 9.47 Å². The van der Waals surface area contributed by atoms with Crippen molar-refractivity contribution in [1.29, 1.82) is 0 Å². The van der Waals surface area contributed by atoms with Gasteiger partial charge in [-0.2, -0.15) is 5.10 Å². The molecule has 2 rings (SSSR count). The predicted octanol–water partition coefficient (Wildman–Crippen LogP) is 3.49. The van der Waals surface area contributed by atoms with Gasteiger partial charge in [0.25, 0.3) is 5.91 Å². The average molecular weight is 326 g/mol. The molecule has 5 nitrogen and oxygen atoms in total. The van der Waals surface area contributed by atoms with E-state index >= 15 is 0 Å². The molecule has 126 valence electrons. The zero-order chi connectivity index (χ0) is 17.4. The van der Waals surface area contributed by atoms with E-state index in [0.717, 1.165) is 11.3 Å². The van der Waals surface area contributed by atoms with Gasteiger partial charge in [0, 0.05) is 5.56 Å². The Balaban J connectivity index is 1.87. The first-order chi connectivity index (χ1) is 11.6. The van der Waals surface area contributed by atoms with Crippen molar-refractivity contribution in [2.75, 3.05) is 13.7 Å². The van der Waals surface area contributed by atoms with Crippen LogP contribution in [-0.2, 0) is 0 Å². The lowest BCUT2D eigenvalue weighted by Gasteiger charge is -2.08. The number of benzene rings is 2. The van der Waals surface area contributed by atoms with Crippen molar-refractivity contribution in [2.45, 2.75) is 13.8 Å². The van der Waals surface area contributed by atoms with Crippen LogP contribution in [0.25, 0.3) is 0 Å². The zero-order valence-corrected chi connectivity index (χ0v) is 14.2. The highest BCUT2D eigenvalue weighted by Gasteiger charge is 2.03. The van der Waals surface area contributed by atoms with Crippen molar-refractivity contribution in [2.24, 2.45) is 11.0 Å². The van der Waals surface area contributed by atoms with E-state index < -0.39 is 0 Å². The lowest BCUT2D eigenvalue weighted by molar-refractivity contribution is 0.0955. The summed E-state index contributed by atoms with van der Waals surface area (Å²) in [6, 6.07) is 14.4. The van der Waals surface area contributed by atoms with E-state index in [-0.39, 0.29) is 5.91 Å². The molecular formula is C19H22N2O3.